The molecule has 2 heterocycles. The number of carbonyl (C=O) groups excluding carboxylic acids is 1. The van der Waals surface area contributed by atoms with E-state index in [1.54, 1.807) is 0 Å². The highest BCUT2D eigenvalue weighted by molar-refractivity contribution is 7.86. The minimum Gasteiger partial charge on any atom is -0.354 e. The quantitative estimate of drug-likeness (QED) is 0.764. The van der Waals surface area contributed by atoms with E-state index in [1.807, 2.05) is 24.3 Å². The number of benzene rings is 1. The first-order valence-corrected chi connectivity index (χ1v) is 10.00. The molecule has 1 saturated heterocycles. The SMILES string of the molecule is CN(C)S(=O)(=O)N1CCCC(CNC(=O)Cn2nc3ccccc3n2)C1. The molecule has 1 aromatic heterocycles. The highest BCUT2D eigenvalue weighted by Crippen LogP contribution is 2.19. The number of aromatic nitrogens is 3. The van der Waals surface area contributed by atoms with E-state index in [0.717, 1.165) is 23.9 Å². The molecule has 1 unspecified atom stereocenters. The Morgan fingerprint density at radius 1 is 1.27 bits per heavy atom. The Hall–Kier alpha value is -2.04. The van der Waals surface area contributed by atoms with Gasteiger partial charge < -0.3 is 5.32 Å². The van der Waals surface area contributed by atoms with Crippen molar-refractivity contribution in [2.45, 2.75) is 19.4 Å². The van der Waals surface area contributed by atoms with Crippen LogP contribution in [0.15, 0.2) is 24.3 Å². The Labute approximate surface area is 153 Å². The molecule has 1 aromatic carbocycles. The van der Waals surface area contributed by atoms with Crippen molar-refractivity contribution < 1.29 is 13.2 Å². The van der Waals surface area contributed by atoms with Crippen molar-refractivity contribution >= 4 is 27.1 Å². The van der Waals surface area contributed by atoms with Gasteiger partial charge >= 0.3 is 0 Å². The minimum atomic E-state index is -3.40. The third-order valence-corrected chi connectivity index (χ3v) is 6.38. The summed E-state index contributed by atoms with van der Waals surface area (Å²) in [6.45, 7) is 1.43. The van der Waals surface area contributed by atoms with E-state index < -0.39 is 10.2 Å². The molecule has 0 radical (unpaired) electrons. The second-order valence-electron chi connectivity index (χ2n) is 6.68. The van der Waals surface area contributed by atoms with Gasteiger partial charge in [-0.15, -0.1) is 0 Å². The zero-order chi connectivity index (χ0) is 18.7. The lowest BCUT2D eigenvalue weighted by atomic mass is 10.00. The summed E-state index contributed by atoms with van der Waals surface area (Å²) in [5, 5.41) is 11.4. The molecular formula is C16H24N6O3S. The van der Waals surface area contributed by atoms with Gasteiger partial charge in [0.15, 0.2) is 0 Å². The maximum Gasteiger partial charge on any atom is 0.281 e. The summed E-state index contributed by atoms with van der Waals surface area (Å²) in [5.41, 5.74) is 1.49. The number of amides is 1. The van der Waals surface area contributed by atoms with Crippen molar-refractivity contribution in [3.05, 3.63) is 24.3 Å². The molecule has 2 aromatic rings. The van der Waals surface area contributed by atoms with Crippen LogP contribution >= 0.6 is 0 Å². The van der Waals surface area contributed by atoms with Gasteiger partial charge in [-0.3, -0.25) is 4.79 Å². The van der Waals surface area contributed by atoms with Gasteiger partial charge in [-0.05, 0) is 30.9 Å². The monoisotopic (exact) mass is 380 g/mol. The number of hydrogen-bond acceptors (Lipinski definition) is 5. The normalized spacial score (nSPS) is 19.1. The van der Waals surface area contributed by atoms with Crippen LogP contribution in [0.25, 0.3) is 11.0 Å². The van der Waals surface area contributed by atoms with E-state index in [0.29, 0.717) is 19.6 Å². The lowest BCUT2D eigenvalue weighted by molar-refractivity contribution is -0.122. The number of hydrogen-bond donors (Lipinski definition) is 1. The van der Waals surface area contributed by atoms with Crippen LogP contribution in [0.4, 0.5) is 0 Å². The van der Waals surface area contributed by atoms with Crippen molar-refractivity contribution in [2.24, 2.45) is 5.92 Å². The predicted molar refractivity (Wildman–Crippen MR) is 97.4 cm³/mol. The van der Waals surface area contributed by atoms with Crippen LogP contribution in [0.2, 0.25) is 0 Å². The third-order valence-electron chi connectivity index (χ3n) is 4.47. The standard InChI is InChI=1S/C16H24N6O3S/c1-20(2)26(24,25)21-9-5-6-13(11-21)10-17-16(23)12-22-18-14-7-3-4-8-15(14)19-22/h3-4,7-8,13H,5-6,9-12H2,1-2H3,(H,17,23). The smallest absolute Gasteiger partial charge is 0.281 e. The molecule has 10 heteroatoms. The second kappa shape index (κ2) is 7.68. The fraction of sp³-hybridized carbons (Fsp3) is 0.562. The van der Waals surface area contributed by atoms with E-state index in [2.05, 4.69) is 15.5 Å². The molecule has 26 heavy (non-hydrogen) atoms. The molecule has 142 valence electrons. The second-order valence-corrected chi connectivity index (χ2v) is 8.82. The Morgan fingerprint density at radius 3 is 2.54 bits per heavy atom. The van der Waals surface area contributed by atoms with Crippen LogP contribution < -0.4 is 5.32 Å². The van der Waals surface area contributed by atoms with E-state index >= 15 is 0 Å². The first-order valence-electron chi connectivity index (χ1n) is 8.60. The zero-order valence-corrected chi connectivity index (χ0v) is 15.8. The van der Waals surface area contributed by atoms with Gasteiger partial charge in [0, 0.05) is 33.7 Å². The van der Waals surface area contributed by atoms with Crippen molar-refractivity contribution in [3.8, 4) is 0 Å². The minimum absolute atomic E-state index is 0.0428. The summed E-state index contributed by atoms with van der Waals surface area (Å²) in [4.78, 5) is 13.5. The molecule has 0 bridgehead atoms. The first-order chi connectivity index (χ1) is 12.4. The molecule has 1 aliphatic rings. The van der Waals surface area contributed by atoms with Crippen molar-refractivity contribution in [3.63, 3.8) is 0 Å². The molecule has 1 fully saturated rings. The molecule has 1 amide bonds. The van der Waals surface area contributed by atoms with Crippen LogP contribution in [0.3, 0.4) is 0 Å². The maximum atomic E-state index is 12.2. The molecule has 0 aliphatic carbocycles. The van der Waals surface area contributed by atoms with Crippen LogP contribution in [0.5, 0.6) is 0 Å². The summed E-state index contributed by atoms with van der Waals surface area (Å²) >= 11 is 0. The van der Waals surface area contributed by atoms with Crippen LogP contribution in [-0.2, 0) is 21.5 Å². The fourth-order valence-electron chi connectivity index (χ4n) is 3.05. The first kappa shape index (κ1) is 18.7. The number of nitrogens with one attached hydrogen (secondary N) is 1. The molecule has 0 saturated carbocycles. The van der Waals surface area contributed by atoms with Gasteiger partial charge in [-0.2, -0.15) is 32.0 Å². The predicted octanol–water partition coefficient (Wildman–Crippen LogP) is 0.0659. The summed E-state index contributed by atoms with van der Waals surface area (Å²) in [6.07, 6.45) is 1.68. The Balaban J connectivity index is 1.52. The molecule has 1 N–H and O–H groups in total. The molecule has 0 spiro atoms. The Morgan fingerprint density at radius 2 is 1.92 bits per heavy atom. The van der Waals surface area contributed by atoms with Crippen LogP contribution in [0.1, 0.15) is 12.8 Å². The van der Waals surface area contributed by atoms with Gasteiger partial charge in [0.25, 0.3) is 10.2 Å². The molecule has 3 rings (SSSR count). The van der Waals surface area contributed by atoms with E-state index in [1.165, 1.54) is 27.5 Å². The molecular weight excluding hydrogens is 356 g/mol. The van der Waals surface area contributed by atoms with Gasteiger partial charge in [0.1, 0.15) is 17.6 Å². The fourth-order valence-corrected chi connectivity index (χ4v) is 4.27. The zero-order valence-electron chi connectivity index (χ0n) is 15.0. The lowest BCUT2D eigenvalue weighted by Crippen LogP contribution is -2.47. The van der Waals surface area contributed by atoms with Crippen molar-refractivity contribution in [1.82, 2.24) is 28.9 Å². The van der Waals surface area contributed by atoms with Gasteiger partial charge in [0.2, 0.25) is 5.91 Å². The average molecular weight is 380 g/mol. The lowest BCUT2D eigenvalue weighted by Gasteiger charge is -2.33. The molecule has 1 aliphatic heterocycles. The molecule has 1 atom stereocenters. The summed E-state index contributed by atoms with van der Waals surface area (Å²) < 4.78 is 27.2. The average Bonchev–Trinajstić information content (AvgIpc) is 3.02. The van der Waals surface area contributed by atoms with Crippen LogP contribution in [0, 0.1) is 5.92 Å². The maximum absolute atomic E-state index is 12.2. The number of fused-ring (bicyclic) bond motifs is 1. The van der Waals surface area contributed by atoms with E-state index in [-0.39, 0.29) is 18.4 Å². The van der Waals surface area contributed by atoms with Crippen LogP contribution in [-0.4, -0.2) is 71.7 Å². The summed E-state index contributed by atoms with van der Waals surface area (Å²) in [5.74, 6) is -0.0787. The van der Waals surface area contributed by atoms with Crippen molar-refractivity contribution in [1.29, 1.82) is 0 Å². The Bertz CT molecular complexity index is 846. The number of rotatable bonds is 6. The highest BCUT2D eigenvalue weighted by Gasteiger charge is 2.30. The third kappa shape index (κ3) is 4.19. The summed E-state index contributed by atoms with van der Waals surface area (Å²) in [6, 6.07) is 7.44. The van der Waals surface area contributed by atoms with E-state index in [9.17, 15) is 13.2 Å². The summed E-state index contributed by atoms with van der Waals surface area (Å²) in [7, 11) is -0.346. The van der Waals surface area contributed by atoms with Gasteiger partial charge in [-0.1, -0.05) is 12.1 Å². The highest BCUT2D eigenvalue weighted by atomic mass is 32.2. The number of piperidine rings is 1. The number of carbonyl (C=O) groups is 1. The largest absolute Gasteiger partial charge is 0.354 e. The van der Waals surface area contributed by atoms with Gasteiger partial charge in [0.05, 0.1) is 0 Å². The van der Waals surface area contributed by atoms with Gasteiger partial charge in [-0.25, -0.2) is 0 Å². The topological polar surface area (TPSA) is 100 Å². The number of nitrogens with zero attached hydrogens (tertiary/aromatic N) is 5. The molecule has 9 nitrogen and oxygen atoms in total. The van der Waals surface area contributed by atoms with Crippen molar-refractivity contribution in [2.75, 3.05) is 33.7 Å². The van der Waals surface area contributed by atoms with E-state index in [4.69, 9.17) is 0 Å². The Kier molecular flexibility index (Phi) is 5.54.